The average Bonchev–Trinajstić information content (AvgIpc) is 2.71. The number of ether oxygens (including phenoxy) is 1. The highest BCUT2D eigenvalue weighted by atomic mass is 32.2. The van der Waals surface area contributed by atoms with Gasteiger partial charge >= 0.3 is 6.18 Å². The predicted molar refractivity (Wildman–Crippen MR) is 108 cm³/mol. The fraction of sp³-hybridized carbons (Fsp3) is 0.350. The number of hydrogen-bond donors (Lipinski definition) is 2. The van der Waals surface area contributed by atoms with Gasteiger partial charge in [-0.25, -0.2) is 8.42 Å². The molecule has 0 saturated carbocycles. The smallest absolute Gasteiger partial charge is 0.373 e. The fourth-order valence-corrected chi connectivity index (χ4v) is 4.88. The average molecular weight is 457 g/mol. The van der Waals surface area contributed by atoms with Crippen LogP contribution in [-0.4, -0.2) is 43.9 Å². The number of halogens is 3. The van der Waals surface area contributed by atoms with E-state index in [0.717, 1.165) is 6.07 Å². The molecule has 1 saturated heterocycles. The van der Waals surface area contributed by atoms with Crippen LogP contribution in [0.5, 0.6) is 0 Å². The van der Waals surface area contributed by atoms with Gasteiger partial charge < -0.3 is 4.74 Å². The molecule has 0 bridgehead atoms. The van der Waals surface area contributed by atoms with Crippen molar-refractivity contribution >= 4 is 21.6 Å². The summed E-state index contributed by atoms with van der Waals surface area (Å²) in [4.78, 5) is 12.3. The van der Waals surface area contributed by atoms with Gasteiger partial charge in [0.1, 0.15) is 0 Å². The maximum atomic E-state index is 13.0. The lowest BCUT2D eigenvalue weighted by molar-refractivity contribution is -0.137. The molecule has 0 aromatic heterocycles. The number of morpholine rings is 1. The van der Waals surface area contributed by atoms with Gasteiger partial charge in [0.05, 0.1) is 28.4 Å². The SMILES string of the molecule is C[C@H]1CN(S(=O)(=O)c2ccc(C(=O)NNc3ccccc3C(F)(F)F)cc2)C[C@H](C)O1. The van der Waals surface area contributed by atoms with E-state index in [1.165, 1.54) is 46.8 Å². The maximum Gasteiger partial charge on any atom is 0.418 e. The van der Waals surface area contributed by atoms with E-state index in [1.54, 1.807) is 13.8 Å². The minimum atomic E-state index is -4.58. The minimum absolute atomic E-state index is 0.0146. The number of nitrogens with one attached hydrogen (secondary N) is 2. The highest BCUT2D eigenvalue weighted by Crippen LogP contribution is 2.34. The molecule has 11 heteroatoms. The molecule has 2 N–H and O–H groups in total. The van der Waals surface area contributed by atoms with Crippen LogP contribution in [0, 0.1) is 0 Å². The Morgan fingerprint density at radius 1 is 1.03 bits per heavy atom. The van der Waals surface area contributed by atoms with Gasteiger partial charge in [-0.2, -0.15) is 17.5 Å². The molecule has 0 unspecified atom stereocenters. The topological polar surface area (TPSA) is 87.7 Å². The lowest BCUT2D eigenvalue weighted by Gasteiger charge is -2.34. The first kappa shape index (κ1) is 23.0. The van der Waals surface area contributed by atoms with Crippen LogP contribution in [-0.2, 0) is 20.9 Å². The third-order valence-corrected chi connectivity index (χ3v) is 6.53. The van der Waals surface area contributed by atoms with Crippen molar-refractivity contribution in [3.05, 3.63) is 59.7 Å². The molecule has 0 spiro atoms. The number of rotatable bonds is 5. The zero-order chi connectivity index (χ0) is 22.8. The van der Waals surface area contributed by atoms with Crippen molar-refractivity contribution in [3.63, 3.8) is 0 Å². The molecule has 31 heavy (non-hydrogen) atoms. The molecule has 0 radical (unpaired) electrons. The van der Waals surface area contributed by atoms with Crippen LogP contribution in [0.4, 0.5) is 18.9 Å². The second kappa shape index (κ2) is 8.85. The fourth-order valence-electron chi connectivity index (χ4n) is 3.29. The van der Waals surface area contributed by atoms with Crippen LogP contribution in [0.2, 0.25) is 0 Å². The van der Waals surface area contributed by atoms with Crippen LogP contribution < -0.4 is 10.9 Å². The number of para-hydroxylation sites is 1. The second-order valence-electron chi connectivity index (χ2n) is 7.23. The monoisotopic (exact) mass is 457 g/mol. The summed E-state index contributed by atoms with van der Waals surface area (Å²) < 4.78 is 71.7. The van der Waals surface area contributed by atoms with Gasteiger partial charge in [-0.15, -0.1) is 0 Å². The molecular weight excluding hydrogens is 435 g/mol. The molecule has 1 fully saturated rings. The van der Waals surface area contributed by atoms with Crippen molar-refractivity contribution in [2.24, 2.45) is 0 Å². The number of hydrogen-bond acceptors (Lipinski definition) is 5. The highest BCUT2D eigenvalue weighted by molar-refractivity contribution is 7.89. The van der Waals surface area contributed by atoms with E-state index in [0.29, 0.717) is 0 Å². The third kappa shape index (κ3) is 5.35. The van der Waals surface area contributed by atoms with Crippen molar-refractivity contribution in [1.82, 2.24) is 9.73 Å². The van der Waals surface area contributed by atoms with Crippen molar-refractivity contribution in [2.75, 3.05) is 18.5 Å². The largest absolute Gasteiger partial charge is 0.418 e. The number of nitrogens with zero attached hydrogens (tertiary/aromatic N) is 1. The summed E-state index contributed by atoms with van der Waals surface area (Å²) in [6.45, 7) is 4.01. The Morgan fingerprint density at radius 3 is 2.19 bits per heavy atom. The van der Waals surface area contributed by atoms with E-state index < -0.39 is 27.7 Å². The molecule has 3 rings (SSSR count). The summed E-state index contributed by atoms with van der Waals surface area (Å²) in [5.74, 6) is -0.713. The lowest BCUT2D eigenvalue weighted by atomic mass is 10.2. The van der Waals surface area contributed by atoms with E-state index in [1.807, 2.05) is 0 Å². The van der Waals surface area contributed by atoms with E-state index in [-0.39, 0.29) is 41.4 Å². The van der Waals surface area contributed by atoms with Gasteiger partial charge in [0.25, 0.3) is 5.91 Å². The number of carbonyl (C=O) groups is 1. The summed E-state index contributed by atoms with van der Waals surface area (Å²) in [6.07, 6.45) is -5.07. The molecule has 2 atom stereocenters. The van der Waals surface area contributed by atoms with Crippen molar-refractivity contribution in [3.8, 4) is 0 Å². The molecular formula is C20H22F3N3O4S. The van der Waals surface area contributed by atoms with Gasteiger partial charge in [-0.3, -0.25) is 15.6 Å². The Hall–Kier alpha value is -2.63. The number of alkyl halides is 3. The van der Waals surface area contributed by atoms with Gasteiger partial charge in [-0.1, -0.05) is 12.1 Å². The molecule has 2 aromatic rings. The van der Waals surface area contributed by atoms with Gasteiger partial charge in [0.15, 0.2) is 0 Å². The summed E-state index contributed by atoms with van der Waals surface area (Å²) in [5, 5.41) is 0. The minimum Gasteiger partial charge on any atom is -0.373 e. The van der Waals surface area contributed by atoms with Crippen LogP contribution >= 0.6 is 0 Å². The molecule has 0 aliphatic carbocycles. The molecule has 1 aliphatic rings. The number of sulfonamides is 1. The van der Waals surface area contributed by atoms with Crippen molar-refractivity contribution in [1.29, 1.82) is 0 Å². The first-order valence-electron chi connectivity index (χ1n) is 9.46. The zero-order valence-corrected chi connectivity index (χ0v) is 17.6. The first-order chi connectivity index (χ1) is 14.5. The zero-order valence-electron chi connectivity index (χ0n) is 16.8. The Labute approximate surface area is 178 Å². The molecule has 2 aromatic carbocycles. The molecule has 168 valence electrons. The highest BCUT2D eigenvalue weighted by Gasteiger charge is 2.34. The Balaban J connectivity index is 1.70. The predicted octanol–water partition coefficient (Wildman–Crippen LogP) is 3.26. The number of anilines is 1. The summed E-state index contributed by atoms with van der Waals surface area (Å²) in [5.41, 5.74) is 3.31. The Bertz CT molecular complexity index is 1030. The number of amides is 1. The first-order valence-corrected chi connectivity index (χ1v) is 10.9. The van der Waals surface area contributed by atoms with Crippen LogP contribution in [0.25, 0.3) is 0 Å². The molecule has 1 heterocycles. The Morgan fingerprint density at radius 2 is 1.61 bits per heavy atom. The van der Waals surface area contributed by atoms with E-state index >= 15 is 0 Å². The number of benzene rings is 2. The normalized spacial score (nSPS) is 20.3. The molecule has 1 amide bonds. The van der Waals surface area contributed by atoms with E-state index in [9.17, 15) is 26.4 Å². The van der Waals surface area contributed by atoms with Crippen LogP contribution in [0.1, 0.15) is 29.8 Å². The van der Waals surface area contributed by atoms with Gasteiger partial charge in [0, 0.05) is 18.7 Å². The Kier molecular flexibility index (Phi) is 6.58. The van der Waals surface area contributed by atoms with Gasteiger partial charge in [-0.05, 0) is 50.2 Å². The standard InChI is InChI=1S/C20H22F3N3O4S/c1-13-11-26(12-14(2)30-13)31(28,29)16-9-7-15(8-10-16)19(27)25-24-18-6-4-3-5-17(18)20(21,22)23/h3-10,13-14,24H,11-12H2,1-2H3,(H,25,27)/t13-,14-/m0/s1. The summed E-state index contributed by atoms with van der Waals surface area (Å²) in [7, 11) is -3.77. The quantitative estimate of drug-likeness (QED) is 0.673. The van der Waals surface area contributed by atoms with Crippen molar-refractivity contribution < 1.29 is 31.1 Å². The van der Waals surface area contributed by atoms with E-state index in [4.69, 9.17) is 4.74 Å². The lowest BCUT2D eigenvalue weighted by Crippen LogP contribution is -2.48. The van der Waals surface area contributed by atoms with E-state index in [2.05, 4.69) is 10.9 Å². The molecule has 1 aliphatic heterocycles. The maximum absolute atomic E-state index is 13.0. The van der Waals surface area contributed by atoms with Crippen LogP contribution in [0.3, 0.4) is 0 Å². The second-order valence-corrected chi connectivity index (χ2v) is 9.16. The molecule has 7 nitrogen and oxygen atoms in total. The van der Waals surface area contributed by atoms with Crippen molar-refractivity contribution in [2.45, 2.75) is 37.1 Å². The number of hydrazine groups is 1. The summed E-state index contributed by atoms with van der Waals surface area (Å²) in [6, 6.07) is 9.89. The van der Waals surface area contributed by atoms with Gasteiger partial charge in [0.2, 0.25) is 10.0 Å². The number of carbonyl (C=O) groups excluding carboxylic acids is 1. The third-order valence-electron chi connectivity index (χ3n) is 4.68. The summed E-state index contributed by atoms with van der Waals surface area (Å²) >= 11 is 0. The van der Waals surface area contributed by atoms with Crippen LogP contribution in [0.15, 0.2) is 53.4 Å².